The maximum atomic E-state index is 11.9. The Morgan fingerprint density at radius 3 is 2.53 bits per heavy atom. The van der Waals surface area contributed by atoms with Gasteiger partial charge in [-0.2, -0.15) is 12.7 Å². The fraction of sp³-hybridized carbons (Fsp3) is 0.778. The van der Waals surface area contributed by atoms with Crippen LogP contribution in [0, 0.1) is 0 Å². The van der Waals surface area contributed by atoms with Gasteiger partial charge < -0.3 is 15.2 Å². The first kappa shape index (κ1) is 18.0. The Balaban J connectivity index is 4.69. The maximum Gasteiger partial charge on any atom is 0.421 e. The summed E-state index contributed by atoms with van der Waals surface area (Å²) in [6.45, 7) is 1.97. The summed E-state index contributed by atoms with van der Waals surface area (Å²) in [5.41, 5.74) is 5.33. The van der Waals surface area contributed by atoms with Crippen LogP contribution in [-0.2, 0) is 19.7 Å². The van der Waals surface area contributed by atoms with Crippen molar-refractivity contribution in [3.63, 3.8) is 0 Å². The lowest BCUT2D eigenvalue weighted by molar-refractivity contribution is 0.156. The predicted molar refractivity (Wildman–Crippen MR) is 73.9 cm³/mol. The number of hydrogen-bond donors (Lipinski definition) is 2. The molecule has 10 heteroatoms. The van der Waals surface area contributed by atoms with Crippen molar-refractivity contribution >= 4 is 33.5 Å². The first-order valence-electron chi connectivity index (χ1n) is 5.55. The number of rotatable bonds is 9. The second-order valence-electron chi connectivity index (χ2n) is 3.44. The third-order valence-electron chi connectivity index (χ3n) is 1.98. The molecule has 8 nitrogen and oxygen atoms in total. The summed E-state index contributed by atoms with van der Waals surface area (Å²) in [5, 5.41) is 0. The van der Waals surface area contributed by atoms with Crippen LogP contribution in [0.15, 0.2) is 0 Å². The van der Waals surface area contributed by atoms with Gasteiger partial charge in [0.25, 0.3) is 0 Å². The van der Waals surface area contributed by atoms with E-state index in [0.717, 1.165) is 4.31 Å². The standard InChI is InChI=1S/C9H19N3O5S2/c1-3-17-9(13)11-19(14,15)12(6-7-16-2)5-4-8(10)18/h3-7H2,1-2H3,(H2,10,18)(H,11,13). The fourth-order valence-electron chi connectivity index (χ4n) is 1.11. The zero-order valence-corrected chi connectivity index (χ0v) is 12.6. The fourth-order valence-corrected chi connectivity index (χ4v) is 2.25. The van der Waals surface area contributed by atoms with E-state index < -0.39 is 16.3 Å². The van der Waals surface area contributed by atoms with E-state index in [0.29, 0.717) is 0 Å². The summed E-state index contributed by atoms with van der Waals surface area (Å²) < 4.78 is 36.0. The molecule has 0 radical (unpaired) electrons. The Morgan fingerprint density at radius 1 is 1.42 bits per heavy atom. The van der Waals surface area contributed by atoms with Crippen LogP contribution in [-0.4, -0.2) is 57.2 Å². The van der Waals surface area contributed by atoms with Gasteiger partial charge in [0, 0.05) is 26.6 Å². The molecule has 112 valence electrons. The zero-order chi connectivity index (χ0) is 14.9. The molecule has 1 amide bonds. The van der Waals surface area contributed by atoms with Crippen molar-refractivity contribution < 1.29 is 22.7 Å². The Morgan fingerprint density at radius 2 is 2.05 bits per heavy atom. The van der Waals surface area contributed by atoms with Gasteiger partial charge in [0.2, 0.25) is 0 Å². The molecule has 0 fully saturated rings. The van der Waals surface area contributed by atoms with Gasteiger partial charge in [-0.05, 0) is 6.92 Å². The molecule has 0 bridgehead atoms. The van der Waals surface area contributed by atoms with Crippen LogP contribution in [0.25, 0.3) is 0 Å². The van der Waals surface area contributed by atoms with Crippen molar-refractivity contribution in [3.05, 3.63) is 0 Å². The van der Waals surface area contributed by atoms with E-state index >= 15 is 0 Å². The van der Waals surface area contributed by atoms with Crippen LogP contribution in [0.3, 0.4) is 0 Å². The lowest BCUT2D eigenvalue weighted by Crippen LogP contribution is -2.46. The van der Waals surface area contributed by atoms with Crippen molar-refractivity contribution in [3.8, 4) is 0 Å². The summed E-state index contributed by atoms with van der Waals surface area (Å²) in [7, 11) is -2.56. The molecule has 0 aromatic carbocycles. The second kappa shape index (κ2) is 9.02. The topological polar surface area (TPSA) is 111 Å². The molecule has 0 rings (SSSR count). The van der Waals surface area contributed by atoms with Gasteiger partial charge in [0.05, 0.1) is 18.2 Å². The van der Waals surface area contributed by atoms with Gasteiger partial charge >= 0.3 is 16.3 Å². The minimum Gasteiger partial charge on any atom is -0.449 e. The zero-order valence-electron chi connectivity index (χ0n) is 10.9. The van der Waals surface area contributed by atoms with Gasteiger partial charge in [0.15, 0.2) is 0 Å². The number of nitrogens with two attached hydrogens (primary N) is 1. The molecule has 0 aromatic heterocycles. The molecular weight excluding hydrogens is 294 g/mol. The molecule has 0 aliphatic carbocycles. The maximum absolute atomic E-state index is 11.9. The molecule has 0 spiro atoms. The molecule has 19 heavy (non-hydrogen) atoms. The number of nitrogens with one attached hydrogen (secondary N) is 1. The van der Waals surface area contributed by atoms with Crippen molar-refractivity contribution in [2.45, 2.75) is 13.3 Å². The first-order valence-corrected chi connectivity index (χ1v) is 7.40. The highest BCUT2D eigenvalue weighted by Gasteiger charge is 2.24. The first-order chi connectivity index (χ1) is 8.83. The molecule has 0 saturated heterocycles. The summed E-state index contributed by atoms with van der Waals surface area (Å²) in [6, 6.07) is 0. The number of carbonyl (C=O) groups is 1. The molecule has 0 aliphatic heterocycles. The average Bonchev–Trinajstić information content (AvgIpc) is 2.27. The van der Waals surface area contributed by atoms with Crippen LogP contribution >= 0.6 is 12.2 Å². The lowest BCUT2D eigenvalue weighted by atomic mass is 10.4. The third-order valence-corrected chi connectivity index (χ3v) is 3.65. The van der Waals surface area contributed by atoms with Crippen molar-refractivity contribution in [2.75, 3.05) is 33.4 Å². The summed E-state index contributed by atoms with van der Waals surface area (Å²) in [5.74, 6) is 0. The van der Waals surface area contributed by atoms with E-state index in [-0.39, 0.29) is 37.7 Å². The normalized spacial score (nSPS) is 11.3. The highest BCUT2D eigenvalue weighted by molar-refractivity contribution is 7.87. The Kier molecular flexibility index (Phi) is 8.56. The van der Waals surface area contributed by atoms with Crippen LogP contribution in [0.1, 0.15) is 13.3 Å². The van der Waals surface area contributed by atoms with E-state index in [1.54, 1.807) is 11.6 Å². The Bertz CT molecular complexity index is 399. The summed E-state index contributed by atoms with van der Waals surface area (Å²) >= 11 is 4.69. The van der Waals surface area contributed by atoms with Gasteiger partial charge in [0.1, 0.15) is 0 Å². The molecule has 0 atom stereocenters. The summed E-state index contributed by atoms with van der Waals surface area (Å²) in [6.07, 6.45) is -0.816. The second-order valence-corrected chi connectivity index (χ2v) is 5.63. The van der Waals surface area contributed by atoms with Crippen LogP contribution in [0.4, 0.5) is 4.79 Å². The summed E-state index contributed by atoms with van der Waals surface area (Å²) in [4.78, 5) is 11.3. The molecule has 3 N–H and O–H groups in total. The predicted octanol–water partition coefficient (Wildman–Crippen LogP) is -0.398. The number of methoxy groups -OCH3 is 1. The van der Waals surface area contributed by atoms with Gasteiger partial charge in [-0.3, -0.25) is 0 Å². The highest BCUT2D eigenvalue weighted by Crippen LogP contribution is 2.01. The van der Waals surface area contributed by atoms with Crippen LogP contribution in [0.2, 0.25) is 0 Å². The van der Waals surface area contributed by atoms with E-state index in [1.165, 1.54) is 7.11 Å². The highest BCUT2D eigenvalue weighted by atomic mass is 32.2. The number of thiocarbonyl (C=S) groups is 1. The average molecular weight is 313 g/mol. The smallest absolute Gasteiger partial charge is 0.421 e. The van der Waals surface area contributed by atoms with Gasteiger partial charge in [-0.25, -0.2) is 9.52 Å². The minimum absolute atomic E-state index is 0.0629. The largest absolute Gasteiger partial charge is 0.449 e. The quantitative estimate of drug-likeness (QED) is 0.557. The van der Waals surface area contributed by atoms with E-state index in [2.05, 4.69) is 4.74 Å². The monoisotopic (exact) mass is 313 g/mol. The van der Waals surface area contributed by atoms with Crippen LogP contribution in [0.5, 0.6) is 0 Å². The van der Waals surface area contributed by atoms with E-state index in [9.17, 15) is 13.2 Å². The Hall–Kier alpha value is -0.970. The molecule has 0 aromatic rings. The number of hydrogen-bond acceptors (Lipinski definition) is 6. The van der Waals surface area contributed by atoms with Gasteiger partial charge in [-0.15, -0.1) is 0 Å². The molecule has 0 unspecified atom stereocenters. The minimum atomic E-state index is -4.00. The van der Waals surface area contributed by atoms with Crippen LogP contribution < -0.4 is 10.5 Å². The van der Waals surface area contributed by atoms with Crippen molar-refractivity contribution in [1.29, 1.82) is 0 Å². The Labute approximate surface area is 118 Å². The van der Waals surface area contributed by atoms with E-state index in [1.807, 2.05) is 0 Å². The number of ether oxygens (including phenoxy) is 2. The number of nitrogens with zero attached hydrogens (tertiary/aromatic N) is 1. The number of carbonyl (C=O) groups excluding carboxylic acids is 1. The molecular formula is C9H19N3O5S2. The molecule has 0 saturated carbocycles. The van der Waals surface area contributed by atoms with Gasteiger partial charge in [-0.1, -0.05) is 12.2 Å². The number of amides is 1. The van der Waals surface area contributed by atoms with Crippen molar-refractivity contribution in [2.24, 2.45) is 5.73 Å². The van der Waals surface area contributed by atoms with Crippen molar-refractivity contribution in [1.82, 2.24) is 9.03 Å². The SMILES string of the molecule is CCOC(=O)NS(=O)(=O)N(CCOC)CCC(N)=S. The molecule has 0 heterocycles. The molecule has 0 aliphatic rings. The third kappa shape index (κ3) is 7.93. The lowest BCUT2D eigenvalue weighted by Gasteiger charge is -2.21. The van der Waals surface area contributed by atoms with E-state index in [4.69, 9.17) is 22.7 Å².